The molecule has 2 aromatic heterocycles. The fourth-order valence-electron chi connectivity index (χ4n) is 16.8. The third-order valence-corrected chi connectivity index (χ3v) is 21.1. The highest BCUT2D eigenvalue weighted by molar-refractivity contribution is 8.26. The number of furan rings is 2. The first-order chi connectivity index (χ1) is 33.5. The van der Waals surface area contributed by atoms with Crippen LogP contribution in [0.3, 0.4) is 0 Å². The van der Waals surface area contributed by atoms with E-state index in [-0.39, 0.29) is 76.2 Å². The number of ketones is 2. The molecule has 15 nitrogen and oxygen atoms in total. The Labute approximate surface area is 416 Å². The minimum Gasteiger partial charge on any atom is -0.478 e. The van der Waals surface area contributed by atoms with Crippen molar-refractivity contribution < 1.29 is 66.5 Å². The van der Waals surface area contributed by atoms with E-state index in [9.17, 15) is 38.7 Å². The molecule has 2 spiro atoms. The lowest BCUT2D eigenvalue weighted by Crippen LogP contribution is -2.63. The summed E-state index contributed by atoms with van der Waals surface area (Å²) in [5, 5.41) is 9.68. The maximum Gasteiger partial charge on any atom is 0.375 e. The van der Waals surface area contributed by atoms with Crippen LogP contribution in [0.2, 0.25) is 0 Å². The van der Waals surface area contributed by atoms with Crippen LogP contribution in [0.1, 0.15) is 114 Å². The van der Waals surface area contributed by atoms with E-state index in [1.54, 1.807) is 50.5 Å². The molecule has 6 saturated carbocycles. The van der Waals surface area contributed by atoms with Gasteiger partial charge in [0.25, 0.3) is 5.24 Å². The van der Waals surface area contributed by atoms with Crippen LogP contribution in [-0.2, 0) is 38.1 Å². The molecule has 10 aliphatic rings. The normalized spacial score (nSPS) is 44.5. The number of epoxide rings is 2. The monoisotopic (exact) mass is 991 g/mol. The Morgan fingerprint density at radius 3 is 1.54 bits per heavy atom. The van der Waals surface area contributed by atoms with E-state index in [4.69, 9.17) is 27.8 Å². The first-order valence-electron chi connectivity index (χ1n) is 25.0. The number of carbonyl (C=O) groups excluding carboxylic acids is 6. The number of amides is 1. The average Bonchev–Trinajstić information content (AvgIpc) is 3.84. The highest BCUT2D eigenvalue weighted by Gasteiger charge is 2.85. The molecule has 8 fully saturated rings. The van der Waals surface area contributed by atoms with Crippen molar-refractivity contribution in [2.75, 3.05) is 14.1 Å². The van der Waals surface area contributed by atoms with Gasteiger partial charge in [-0.3, -0.25) is 19.2 Å². The van der Waals surface area contributed by atoms with Gasteiger partial charge in [0.15, 0.2) is 17.2 Å². The molecule has 0 bridgehead atoms. The van der Waals surface area contributed by atoms with Crippen LogP contribution in [0, 0.1) is 57.2 Å². The molecular weight excluding hydrogens is 931 g/mol. The number of ether oxygens (including phenoxy) is 4. The maximum absolute atomic E-state index is 14.2. The number of hydrogen-bond donors (Lipinski definition) is 1. The van der Waals surface area contributed by atoms with Gasteiger partial charge in [-0.2, -0.15) is 0 Å². The molecule has 0 radical (unpaired) electrons. The molecule has 2 aliphatic heterocycles. The predicted octanol–water partition coefficient (Wildman–Crippen LogP) is 8.75. The van der Waals surface area contributed by atoms with Crippen molar-refractivity contribution >= 4 is 51.6 Å². The zero-order valence-electron chi connectivity index (χ0n) is 41.3. The van der Waals surface area contributed by atoms with Gasteiger partial charge >= 0.3 is 17.9 Å². The van der Waals surface area contributed by atoms with Crippen molar-refractivity contribution in [1.82, 2.24) is 4.90 Å². The van der Waals surface area contributed by atoms with Crippen LogP contribution in [0.25, 0.3) is 0 Å². The molecule has 0 aromatic carbocycles. The minimum absolute atomic E-state index is 0.000306. The number of carboxylic acids is 1. The first kappa shape index (κ1) is 48.0. The Kier molecular flexibility index (Phi) is 10.5. The molecule has 2 saturated heterocycles. The van der Waals surface area contributed by atoms with E-state index in [2.05, 4.69) is 13.8 Å². The summed E-state index contributed by atoms with van der Waals surface area (Å²) in [6, 6.07) is 6.18. The number of carboxylic acid groups (broad SMARTS) is 1. The molecule has 16 atom stereocenters. The summed E-state index contributed by atoms with van der Waals surface area (Å²) in [5.74, 6) is -2.97. The number of hydrogen-bond acceptors (Lipinski definition) is 14. The Balaban J connectivity index is 0.000000155. The Bertz CT molecular complexity index is 2810. The molecular formula is C55H61NO14S. The summed E-state index contributed by atoms with van der Waals surface area (Å²) in [4.78, 5) is 91.6. The number of rotatable bonds is 6. The zero-order chi connectivity index (χ0) is 50.6. The van der Waals surface area contributed by atoms with E-state index in [0.29, 0.717) is 37.4 Å². The highest BCUT2D eigenvalue weighted by Crippen LogP contribution is 2.79. The Hall–Kier alpha value is -5.32. The molecule has 4 unspecified atom stereocenters. The molecule has 2 aromatic rings. The van der Waals surface area contributed by atoms with Gasteiger partial charge in [0.1, 0.15) is 11.2 Å². The number of thioether (sulfide) groups is 1. The summed E-state index contributed by atoms with van der Waals surface area (Å²) < 4.78 is 35.8. The third kappa shape index (κ3) is 6.07. The van der Waals surface area contributed by atoms with Crippen LogP contribution in [0.4, 0.5) is 4.79 Å². The van der Waals surface area contributed by atoms with Gasteiger partial charge in [0, 0.05) is 59.4 Å². The third-order valence-electron chi connectivity index (χ3n) is 20.1. The molecule has 1 N–H and O–H groups in total. The van der Waals surface area contributed by atoms with E-state index in [1.807, 2.05) is 39.8 Å². The van der Waals surface area contributed by atoms with Gasteiger partial charge in [0.05, 0.1) is 24.7 Å². The van der Waals surface area contributed by atoms with Crippen molar-refractivity contribution in [1.29, 1.82) is 0 Å². The van der Waals surface area contributed by atoms with Crippen molar-refractivity contribution in [3.8, 4) is 0 Å². The summed E-state index contributed by atoms with van der Waals surface area (Å²) in [6.07, 6.45) is 18.8. The second-order valence-corrected chi connectivity index (χ2v) is 24.0. The second-order valence-electron chi connectivity index (χ2n) is 23.1. The van der Waals surface area contributed by atoms with Crippen LogP contribution < -0.4 is 0 Å². The van der Waals surface area contributed by atoms with E-state index in [0.717, 1.165) is 36.8 Å². The van der Waals surface area contributed by atoms with Crippen LogP contribution >= 0.6 is 11.8 Å². The minimum atomic E-state index is -1.67. The molecule has 376 valence electrons. The zero-order valence-corrected chi connectivity index (χ0v) is 42.1. The van der Waals surface area contributed by atoms with Crippen LogP contribution in [0.5, 0.6) is 0 Å². The Morgan fingerprint density at radius 2 is 1.11 bits per heavy atom. The summed E-state index contributed by atoms with van der Waals surface area (Å²) in [7, 11) is 3.19. The number of esters is 2. The quantitative estimate of drug-likeness (QED) is 0.212. The lowest BCUT2D eigenvalue weighted by Gasteiger charge is -2.56. The SMILES string of the molecule is C[C@@H]1CC2C3CCC4=CC(=O)C=C[C@]4(C)[C@@]34O[C@H]4C[C@]2(C)[C@@]1(OC(=O)c1ccco1)C(=O)O.C[C@@H]1CC2C3CCC4=CC(=O)C=C[C@]4(C)[C@@]34O[C@H]4C[C@]2(C)[C@@]1(OC(=O)c1ccco1)C(=O)SC(=O)N(C)C. The smallest absolute Gasteiger partial charge is 0.375 e. The van der Waals surface area contributed by atoms with Gasteiger partial charge in [-0.1, -0.05) is 51.0 Å². The molecule has 71 heavy (non-hydrogen) atoms. The predicted molar refractivity (Wildman–Crippen MR) is 254 cm³/mol. The number of allylic oxidation sites excluding steroid dienone is 4. The van der Waals surface area contributed by atoms with Gasteiger partial charge in [-0.25, -0.2) is 14.4 Å². The van der Waals surface area contributed by atoms with Gasteiger partial charge in [0.2, 0.25) is 22.2 Å². The number of nitrogens with zero attached hydrogens (tertiary/aromatic N) is 1. The van der Waals surface area contributed by atoms with Crippen LogP contribution in [0.15, 0.2) is 93.2 Å². The molecule has 4 heterocycles. The highest BCUT2D eigenvalue weighted by atomic mass is 32.2. The van der Waals surface area contributed by atoms with Crippen molar-refractivity contribution in [3.63, 3.8) is 0 Å². The molecule has 1 amide bonds. The Morgan fingerprint density at radius 1 is 0.676 bits per heavy atom. The number of fused-ring (bicyclic) bond motifs is 6. The van der Waals surface area contributed by atoms with Gasteiger partial charge in [-0.15, -0.1) is 0 Å². The molecule has 16 heteroatoms. The summed E-state index contributed by atoms with van der Waals surface area (Å²) in [5.41, 5.74) is -4.19. The molecule has 8 aliphatic carbocycles. The summed E-state index contributed by atoms with van der Waals surface area (Å²) >= 11 is 0.603. The lowest BCUT2D eigenvalue weighted by atomic mass is 9.47. The average molecular weight is 992 g/mol. The van der Waals surface area contributed by atoms with Crippen molar-refractivity contribution in [3.05, 3.63) is 95.9 Å². The van der Waals surface area contributed by atoms with Crippen LogP contribution in [-0.4, -0.2) is 98.5 Å². The maximum atomic E-state index is 14.2. The first-order valence-corrected chi connectivity index (χ1v) is 25.8. The topological polar surface area (TPSA) is 213 Å². The number of carbonyl (C=O) groups is 7. The fourth-order valence-corrected chi connectivity index (χ4v) is 17.7. The van der Waals surface area contributed by atoms with Crippen molar-refractivity contribution in [2.45, 2.75) is 128 Å². The molecule has 12 rings (SSSR count). The van der Waals surface area contributed by atoms with Gasteiger partial charge < -0.3 is 37.8 Å². The second kappa shape index (κ2) is 15.6. The summed E-state index contributed by atoms with van der Waals surface area (Å²) in [6.45, 7) is 12.1. The standard InChI is InChI=1S/C29H33NO7S.C26H28O7/c1-16-13-20-19-9-8-17-14-18(31)10-11-26(17,2)29(19)22(36-29)15-27(20,3)28(16,24(33)38-25(34)30(4)5)37-23(32)21-7-6-12-35-21;1-14-11-18-17-7-6-15-12-16(27)8-9-23(15,2)26(17)20(32-26)13-24(18,3)25(14,22(29)30)33-21(28)19-5-4-10-31-19/h6-7,10-12,14,16,19-20,22H,8-9,13,15H2,1-5H3;4-5,8-10,12,14,17-18,20H,6-7,11,13H2,1-3H3,(H,29,30)/t16-,19?,20?,22+,26+,27+,28+,29-;14-,17?,18?,20+,23+,24+,25+,26-/m11/s1. The van der Waals surface area contributed by atoms with E-state index < -0.39 is 66.9 Å². The fraction of sp³-hybridized carbons (Fsp3) is 0.582. The van der Waals surface area contributed by atoms with Gasteiger partial charge in [-0.05, 0) is 137 Å². The number of aliphatic carboxylic acids is 1. The lowest BCUT2D eigenvalue weighted by molar-refractivity contribution is -0.185. The van der Waals surface area contributed by atoms with Crippen molar-refractivity contribution in [2.24, 2.45) is 57.2 Å². The largest absolute Gasteiger partial charge is 0.478 e. The van der Waals surface area contributed by atoms with E-state index in [1.165, 1.54) is 29.6 Å². The van der Waals surface area contributed by atoms with E-state index >= 15 is 0 Å².